The predicted octanol–water partition coefficient (Wildman–Crippen LogP) is 2.12. The van der Waals surface area contributed by atoms with E-state index >= 15 is 0 Å². The molecule has 3 heterocycles. The highest BCUT2D eigenvalue weighted by Crippen LogP contribution is 2.28. The van der Waals surface area contributed by atoms with Crippen LogP contribution in [0.5, 0.6) is 0 Å². The van der Waals surface area contributed by atoms with E-state index < -0.39 is 0 Å². The second-order valence-corrected chi connectivity index (χ2v) is 7.04. The Morgan fingerprint density at radius 2 is 2.04 bits per heavy atom. The Morgan fingerprint density at radius 1 is 1.28 bits per heavy atom. The molecule has 6 nitrogen and oxygen atoms in total. The number of thiophene rings is 1. The van der Waals surface area contributed by atoms with Crippen molar-refractivity contribution in [3.8, 4) is 0 Å². The number of nitrogens with one attached hydrogen (secondary N) is 1. The fourth-order valence-corrected chi connectivity index (χ4v) is 3.81. The van der Waals surface area contributed by atoms with Gasteiger partial charge in [-0.3, -0.25) is 19.6 Å². The molecule has 1 aliphatic rings. The third-order valence-electron chi connectivity index (χ3n) is 4.48. The van der Waals surface area contributed by atoms with Crippen LogP contribution >= 0.6 is 11.3 Å². The van der Waals surface area contributed by atoms with E-state index in [0.717, 1.165) is 42.9 Å². The van der Waals surface area contributed by atoms with Gasteiger partial charge in [0.05, 0.1) is 24.4 Å². The van der Waals surface area contributed by atoms with E-state index in [1.165, 1.54) is 6.92 Å². The van der Waals surface area contributed by atoms with Crippen molar-refractivity contribution in [1.29, 1.82) is 0 Å². The Morgan fingerprint density at radius 3 is 2.72 bits per heavy atom. The summed E-state index contributed by atoms with van der Waals surface area (Å²) in [5.41, 5.74) is 2.85. The zero-order chi connectivity index (χ0) is 17.6. The van der Waals surface area contributed by atoms with E-state index in [2.05, 4.69) is 15.3 Å². The largest absolute Gasteiger partial charge is 0.351 e. The highest BCUT2D eigenvalue weighted by Gasteiger charge is 2.26. The number of hydrogen-bond donors (Lipinski definition) is 1. The first-order valence-corrected chi connectivity index (χ1v) is 9.41. The first-order chi connectivity index (χ1) is 12.1. The van der Waals surface area contributed by atoms with Crippen LogP contribution in [-0.2, 0) is 22.6 Å². The molecular weight excluding hydrogens is 336 g/mol. The van der Waals surface area contributed by atoms with Gasteiger partial charge in [0.25, 0.3) is 0 Å². The van der Waals surface area contributed by atoms with Gasteiger partial charge in [0.1, 0.15) is 0 Å². The Labute approximate surface area is 151 Å². The monoisotopic (exact) mass is 358 g/mol. The average Bonchev–Trinajstić information content (AvgIpc) is 3.13. The molecule has 0 spiro atoms. The summed E-state index contributed by atoms with van der Waals surface area (Å²) in [5, 5.41) is 6.81. The van der Waals surface area contributed by atoms with Gasteiger partial charge in [-0.05, 0) is 35.2 Å². The average molecular weight is 358 g/mol. The molecule has 1 aliphatic heterocycles. The molecule has 1 saturated heterocycles. The standard InChI is InChI=1S/C18H22N4O2S/c1-13(23)21-11-16-18(20-6-5-19-16)15-2-7-22(8-3-15)17(24)10-14-4-9-25-12-14/h4-6,9,12,15H,2-3,7-8,10-11H2,1H3,(H,21,23). The minimum absolute atomic E-state index is 0.0783. The molecule has 0 aliphatic carbocycles. The van der Waals surface area contributed by atoms with Crippen molar-refractivity contribution < 1.29 is 9.59 Å². The normalized spacial score (nSPS) is 15.2. The molecule has 0 bridgehead atoms. The van der Waals surface area contributed by atoms with E-state index in [1.54, 1.807) is 23.7 Å². The first-order valence-electron chi connectivity index (χ1n) is 8.46. The summed E-state index contributed by atoms with van der Waals surface area (Å²) in [6.45, 7) is 3.37. The van der Waals surface area contributed by atoms with Crippen molar-refractivity contribution in [2.45, 2.75) is 38.6 Å². The lowest BCUT2D eigenvalue weighted by Gasteiger charge is -2.32. The first kappa shape index (κ1) is 17.5. The van der Waals surface area contributed by atoms with Crippen LogP contribution in [0.15, 0.2) is 29.2 Å². The van der Waals surface area contributed by atoms with Gasteiger partial charge in [-0.1, -0.05) is 0 Å². The molecule has 0 aromatic carbocycles. The summed E-state index contributed by atoms with van der Waals surface area (Å²) in [5.74, 6) is 0.391. The third kappa shape index (κ3) is 4.63. The topological polar surface area (TPSA) is 75.2 Å². The summed E-state index contributed by atoms with van der Waals surface area (Å²) >= 11 is 1.62. The van der Waals surface area contributed by atoms with Crippen molar-refractivity contribution in [3.05, 3.63) is 46.2 Å². The second kappa shape index (κ2) is 8.20. The van der Waals surface area contributed by atoms with Crippen molar-refractivity contribution in [1.82, 2.24) is 20.2 Å². The highest BCUT2D eigenvalue weighted by atomic mass is 32.1. The van der Waals surface area contributed by atoms with E-state index in [4.69, 9.17) is 0 Å². The van der Waals surface area contributed by atoms with Gasteiger partial charge in [0.2, 0.25) is 11.8 Å². The molecule has 7 heteroatoms. The van der Waals surface area contributed by atoms with Gasteiger partial charge in [-0.25, -0.2) is 0 Å². The second-order valence-electron chi connectivity index (χ2n) is 6.26. The number of nitrogens with zero attached hydrogens (tertiary/aromatic N) is 3. The van der Waals surface area contributed by atoms with E-state index in [-0.39, 0.29) is 17.7 Å². The molecule has 2 aromatic rings. The fraction of sp³-hybridized carbons (Fsp3) is 0.444. The molecule has 0 atom stereocenters. The fourth-order valence-electron chi connectivity index (χ4n) is 3.15. The van der Waals surface area contributed by atoms with Crippen LogP contribution in [0, 0.1) is 0 Å². The predicted molar refractivity (Wildman–Crippen MR) is 96.1 cm³/mol. The van der Waals surface area contributed by atoms with Crippen LogP contribution in [0.25, 0.3) is 0 Å². The minimum atomic E-state index is -0.0783. The Kier molecular flexibility index (Phi) is 5.75. The maximum absolute atomic E-state index is 12.4. The van der Waals surface area contributed by atoms with Gasteiger partial charge < -0.3 is 10.2 Å². The number of carbonyl (C=O) groups excluding carboxylic acids is 2. The number of piperidine rings is 1. The van der Waals surface area contributed by atoms with E-state index in [1.807, 2.05) is 21.7 Å². The number of amides is 2. The molecule has 0 unspecified atom stereocenters. The smallest absolute Gasteiger partial charge is 0.227 e. The number of rotatable bonds is 5. The molecule has 132 valence electrons. The molecule has 2 amide bonds. The van der Waals surface area contributed by atoms with E-state index in [0.29, 0.717) is 13.0 Å². The number of likely N-dealkylation sites (tertiary alicyclic amines) is 1. The van der Waals surface area contributed by atoms with Crippen LogP contribution < -0.4 is 5.32 Å². The number of aromatic nitrogens is 2. The molecule has 2 aromatic heterocycles. The number of carbonyl (C=O) groups is 2. The summed E-state index contributed by atoms with van der Waals surface area (Å²) in [6, 6.07) is 2.00. The quantitative estimate of drug-likeness (QED) is 0.888. The molecule has 1 fully saturated rings. The van der Waals surface area contributed by atoms with Crippen molar-refractivity contribution in [3.63, 3.8) is 0 Å². The van der Waals surface area contributed by atoms with Gasteiger partial charge in [-0.15, -0.1) is 0 Å². The lowest BCUT2D eigenvalue weighted by atomic mass is 9.91. The minimum Gasteiger partial charge on any atom is -0.351 e. The maximum atomic E-state index is 12.4. The molecule has 25 heavy (non-hydrogen) atoms. The van der Waals surface area contributed by atoms with Gasteiger partial charge >= 0.3 is 0 Å². The maximum Gasteiger partial charge on any atom is 0.227 e. The van der Waals surface area contributed by atoms with Crippen molar-refractivity contribution in [2.75, 3.05) is 13.1 Å². The van der Waals surface area contributed by atoms with Crippen LogP contribution in [0.3, 0.4) is 0 Å². The van der Waals surface area contributed by atoms with Gasteiger partial charge in [-0.2, -0.15) is 11.3 Å². The van der Waals surface area contributed by atoms with Crippen LogP contribution in [0.1, 0.15) is 42.6 Å². The van der Waals surface area contributed by atoms with Crippen molar-refractivity contribution >= 4 is 23.2 Å². The summed E-state index contributed by atoms with van der Waals surface area (Å²) in [7, 11) is 0. The van der Waals surface area contributed by atoms with E-state index in [9.17, 15) is 9.59 Å². The Balaban J connectivity index is 1.59. The van der Waals surface area contributed by atoms with Crippen molar-refractivity contribution in [2.24, 2.45) is 0 Å². The zero-order valence-corrected chi connectivity index (χ0v) is 15.1. The third-order valence-corrected chi connectivity index (χ3v) is 5.21. The molecular formula is C18H22N4O2S. The molecule has 0 radical (unpaired) electrons. The number of hydrogen-bond acceptors (Lipinski definition) is 5. The zero-order valence-electron chi connectivity index (χ0n) is 14.3. The highest BCUT2D eigenvalue weighted by molar-refractivity contribution is 7.08. The molecule has 1 N–H and O–H groups in total. The lowest BCUT2D eigenvalue weighted by Crippen LogP contribution is -2.39. The summed E-state index contributed by atoms with van der Waals surface area (Å²) in [6.07, 6.45) is 5.58. The molecule has 3 rings (SSSR count). The Hall–Kier alpha value is -2.28. The van der Waals surface area contributed by atoms with Gasteiger partial charge in [0, 0.05) is 38.3 Å². The summed E-state index contributed by atoms with van der Waals surface area (Å²) < 4.78 is 0. The summed E-state index contributed by atoms with van der Waals surface area (Å²) in [4.78, 5) is 34.4. The Bertz CT molecular complexity index is 724. The molecule has 0 saturated carbocycles. The van der Waals surface area contributed by atoms with Crippen LogP contribution in [-0.4, -0.2) is 39.8 Å². The van der Waals surface area contributed by atoms with Crippen LogP contribution in [0.4, 0.5) is 0 Å². The SMILES string of the molecule is CC(=O)NCc1nccnc1C1CCN(C(=O)Cc2ccsc2)CC1. The van der Waals surface area contributed by atoms with Gasteiger partial charge in [0.15, 0.2) is 0 Å². The van der Waals surface area contributed by atoms with Crippen LogP contribution in [0.2, 0.25) is 0 Å². The lowest BCUT2D eigenvalue weighted by molar-refractivity contribution is -0.131.